The lowest BCUT2D eigenvalue weighted by Crippen LogP contribution is -2.41. The van der Waals surface area contributed by atoms with E-state index in [9.17, 15) is 13.2 Å². The SMILES string of the molecule is CNCC(=Cc1cc(C(F)(F)F)cnc1Cl)B1OC(C)(C)C(C)(C)O1. The van der Waals surface area contributed by atoms with Crippen LogP contribution in [0.1, 0.15) is 38.8 Å². The minimum Gasteiger partial charge on any atom is -0.400 e. The summed E-state index contributed by atoms with van der Waals surface area (Å²) in [5, 5.41) is 2.95. The Morgan fingerprint density at radius 2 is 1.84 bits per heavy atom. The Bertz CT molecular complexity index is 662. The van der Waals surface area contributed by atoms with Gasteiger partial charge in [-0.2, -0.15) is 13.2 Å². The van der Waals surface area contributed by atoms with Gasteiger partial charge in [0.2, 0.25) is 0 Å². The molecule has 1 aliphatic heterocycles. The van der Waals surface area contributed by atoms with Crippen molar-refractivity contribution in [3.63, 3.8) is 0 Å². The van der Waals surface area contributed by atoms with Crippen LogP contribution in [0.15, 0.2) is 17.7 Å². The third kappa shape index (κ3) is 4.37. The fourth-order valence-corrected chi connectivity index (χ4v) is 2.48. The molecule has 2 heterocycles. The van der Waals surface area contributed by atoms with Gasteiger partial charge in [0.1, 0.15) is 5.15 Å². The molecule has 0 unspecified atom stereocenters. The molecule has 1 aliphatic rings. The van der Waals surface area contributed by atoms with Crippen LogP contribution in [-0.4, -0.2) is 36.9 Å². The Balaban J connectivity index is 2.42. The van der Waals surface area contributed by atoms with E-state index in [1.807, 2.05) is 27.7 Å². The molecule has 1 saturated heterocycles. The van der Waals surface area contributed by atoms with Gasteiger partial charge in [-0.15, -0.1) is 0 Å². The van der Waals surface area contributed by atoms with E-state index in [2.05, 4.69) is 10.3 Å². The first kappa shape index (κ1) is 20.2. The first-order valence-corrected chi connectivity index (χ1v) is 8.18. The van der Waals surface area contributed by atoms with Crippen LogP contribution >= 0.6 is 11.6 Å². The van der Waals surface area contributed by atoms with E-state index >= 15 is 0 Å². The number of rotatable bonds is 4. The highest BCUT2D eigenvalue weighted by Crippen LogP contribution is 2.39. The van der Waals surface area contributed by atoms with Crippen molar-refractivity contribution in [1.82, 2.24) is 10.3 Å². The summed E-state index contributed by atoms with van der Waals surface area (Å²) in [5.41, 5.74) is -1.18. The Labute approximate surface area is 150 Å². The topological polar surface area (TPSA) is 43.4 Å². The molecule has 138 valence electrons. The predicted octanol–water partition coefficient (Wildman–Crippen LogP) is 3.99. The number of halogens is 4. The number of alkyl halides is 3. The number of hydrogen-bond acceptors (Lipinski definition) is 4. The lowest BCUT2D eigenvalue weighted by molar-refractivity contribution is -0.137. The molecule has 0 aliphatic carbocycles. The second kappa shape index (κ2) is 6.91. The van der Waals surface area contributed by atoms with Crippen LogP contribution in [-0.2, 0) is 15.5 Å². The van der Waals surface area contributed by atoms with Gasteiger partial charge in [0.25, 0.3) is 0 Å². The molecule has 0 atom stereocenters. The maximum Gasteiger partial charge on any atom is 0.491 e. The van der Waals surface area contributed by atoms with E-state index in [1.54, 1.807) is 7.05 Å². The molecule has 1 aromatic heterocycles. The number of nitrogens with zero attached hydrogens (tertiary/aromatic N) is 1. The molecule has 2 rings (SSSR count). The molecule has 1 fully saturated rings. The summed E-state index contributed by atoms with van der Waals surface area (Å²) in [6.07, 6.45) is -2.25. The van der Waals surface area contributed by atoms with Crippen LogP contribution in [0, 0.1) is 0 Å². The summed E-state index contributed by atoms with van der Waals surface area (Å²) >= 11 is 5.98. The van der Waals surface area contributed by atoms with Crippen LogP contribution in [0.4, 0.5) is 13.2 Å². The lowest BCUT2D eigenvalue weighted by atomic mass is 9.77. The van der Waals surface area contributed by atoms with Gasteiger partial charge in [-0.05, 0) is 46.3 Å². The monoisotopic (exact) mass is 376 g/mol. The van der Waals surface area contributed by atoms with E-state index in [-0.39, 0.29) is 10.7 Å². The summed E-state index contributed by atoms with van der Waals surface area (Å²) in [6, 6.07) is 0.968. The van der Waals surface area contributed by atoms with Crippen LogP contribution < -0.4 is 5.32 Å². The Hall–Kier alpha value is -1.09. The fraction of sp³-hybridized carbons (Fsp3) is 0.562. The summed E-state index contributed by atoms with van der Waals surface area (Å²) in [7, 11) is 1.04. The van der Waals surface area contributed by atoms with Crippen LogP contribution in [0.2, 0.25) is 5.15 Å². The Morgan fingerprint density at radius 3 is 2.32 bits per heavy atom. The van der Waals surface area contributed by atoms with Crippen LogP contribution in [0.25, 0.3) is 6.08 Å². The van der Waals surface area contributed by atoms with Gasteiger partial charge in [-0.3, -0.25) is 0 Å². The average Bonchev–Trinajstić information content (AvgIpc) is 2.68. The third-order valence-corrected chi connectivity index (χ3v) is 4.79. The molecule has 0 radical (unpaired) electrons. The van der Waals surface area contributed by atoms with Crippen molar-refractivity contribution in [1.29, 1.82) is 0 Å². The predicted molar refractivity (Wildman–Crippen MR) is 92.2 cm³/mol. The van der Waals surface area contributed by atoms with Crippen LogP contribution in [0.5, 0.6) is 0 Å². The fourth-order valence-electron chi connectivity index (χ4n) is 2.32. The number of likely N-dealkylation sites (N-methyl/N-ethyl adjacent to an activating group) is 1. The molecule has 0 aromatic carbocycles. The van der Waals surface area contributed by atoms with Gasteiger partial charge in [0.15, 0.2) is 0 Å². The van der Waals surface area contributed by atoms with Crippen molar-refractivity contribution in [2.24, 2.45) is 0 Å². The minimum absolute atomic E-state index is 0.0156. The van der Waals surface area contributed by atoms with E-state index in [4.69, 9.17) is 20.9 Å². The van der Waals surface area contributed by atoms with Gasteiger partial charge >= 0.3 is 13.3 Å². The maximum atomic E-state index is 12.9. The zero-order valence-corrected chi connectivity index (χ0v) is 15.5. The lowest BCUT2D eigenvalue weighted by Gasteiger charge is -2.32. The van der Waals surface area contributed by atoms with E-state index in [0.717, 1.165) is 6.07 Å². The number of aromatic nitrogens is 1. The van der Waals surface area contributed by atoms with Crippen molar-refractivity contribution < 1.29 is 22.5 Å². The van der Waals surface area contributed by atoms with E-state index in [0.29, 0.717) is 18.2 Å². The summed E-state index contributed by atoms with van der Waals surface area (Å²) in [5.74, 6) is 0. The highest BCUT2D eigenvalue weighted by molar-refractivity contribution is 6.56. The first-order chi connectivity index (χ1) is 11.4. The van der Waals surface area contributed by atoms with Gasteiger partial charge in [-0.1, -0.05) is 17.7 Å². The standard InChI is InChI=1S/C16H21BClF3N2O2/c1-14(2)15(3,4)25-17(24-14)12(9-22-5)7-10-6-11(16(19,20)21)8-23-13(10)18/h6-8,22H,9H2,1-5H3. The average molecular weight is 377 g/mol. The zero-order chi connectivity index (χ0) is 19.0. The highest BCUT2D eigenvalue weighted by Gasteiger charge is 2.52. The molecule has 25 heavy (non-hydrogen) atoms. The third-order valence-electron chi connectivity index (χ3n) is 4.47. The van der Waals surface area contributed by atoms with Crippen LogP contribution in [0.3, 0.4) is 0 Å². The molecule has 0 saturated carbocycles. The van der Waals surface area contributed by atoms with E-state index < -0.39 is 30.1 Å². The summed E-state index contributed by atoms with van der Waals surface area (Å²) < 4.78 is 50.7. The molecular formula is C16H21BClF3N2O2. The summed E-state index contributed by atoms with van der Waals surface area (Å²) in [6.45, 7) is 7.99. The second-order valence-electron chi connectivity index (χ2n) is 6.94. The number of pyridine rings is 1. The van der Waals surface area contributed by atoms with Crippen molar-refractivity contribution in [2.75, 3.05) is 13.6 Å². The number of hydrogen-bond donors (Lipinski definition) is 1. The Morgan fingerprint density at radius 1 is 1.28 bits per heavy atom. The van der Waals surface area contributed by atoms with Crippen molar-refractivity contribution in [3.05, 3.63) is 34.0 Å². The quantitative estimate of drug-likeness (QED) is 0.637. The molecule has 1 N–H and O–H groups in total. The minimum atomic E-state index is -4.49. The van der Waals surface area contributed by atoms with Gasteiger partial charge in [0.05, 0.1) is 16.8 Å². The van der Waals surface area contributed by atoms with Crippen molar-refractivity contribution in [2.45, 2.75) is 45.1 Å². The largest absolute Gasteiger partial charge is 0.491 e. The smallest absolute Gasteiger partial charge is 0.400 e. The Kier molecular flexibility index (Phi) is 5.59. The highest BCUT2D eigenvalue weighted by atomic mass is 35.5. The molecular weight excluding hydrogens is 355 g/mol. The van der Waals surface area contributed by atoms with Crippen molar-refractivity contribution >= 4 is 24.8 Å². The first-order valence-electron chi connectivity index (χ1n) is 7.81. The normalized spacial score (nSPS) is 20.2. The van der Waals surface area contributed by atoms with Gasteiger partial charge in [0, 0.05) is 18.3 Å². The zero-order valence-electron chi connectivity index (χ0n) is 14.8. The molecule has 9 heteroatoms. The van der Waals surface area contributed by atoms with Crippen molar-refractivity contribution in [3.8, 4) is 0 Å². The molecule has 4 nitrogen and oxygen atoms in total. The van der Waals surface area contributed by atoms with E-state index in [1.165, 1.54) is 6.08 Å². The number of nitrogens with one attached hydrogen (secondary N) is 1. The summed E-state index contributed by atoms with van der Waals surface area (Å²) in [4.78, 5) is 3.64. The molecule has 0 amide bonds. The molecule has 0 bridgehead atoms. The van der Waals surface area contributed by atoms with Gasteiger partial charge in [-0.25, -0.2) is 4.98 Å². The molecule has 0 spiro atoms. The van der Waals surface area contributed by atoms with Gasteiger partial charge < -0.3 is 14.6 Å². The molecule has 1 aromatic rings. The maximum absolute atomic E-state index is 12.9. The second-order valence-corrected chi connectivity index (χ2v) is 7.30.